The van der Waals surface area contributed by atoms with Crippen molar-refractivity contribution in [1.29, 1.82) is 0 Å². The number of hydrogen-bond donors (Lipinski definition) is 2. The van der Waals surface area contributed by atoms with E-state index in [2.05, 4.69) is 9.82 Å². The van der Waals surface area contributed by atoms with Crippen molar-refractivity contribution in [2.24, 2.45) is 0 Å². The van der Waals surface area contributed by atoms with Gasteiger partial charge in [0.25, 0.3) is 0 Å². The lowest BCUT2D eigenvalue weighted by Crippen LogP contribution is -2.33. The first-order valence-corrected chi connectivity index (χ1v) is 8.17. The van der Waals surface area contributed by atoms with Crippen LogP contribution in [0, 0.1) is 0 Å². The summed E-state index contributed by atoms with van der Waals surface area (Å²) in [6.07, 6.45) is 5.33. The van der Waals surface area contributed by atoms with Gasteiger partial charge >= 0.3 is 0 Å². The third kappa shape index (κ3) is 4.42. The van der Waals surface area contributed by atoms with Gasteiger partial charge in [-0.1, -0.05) is 0 Å². The maximum Gasteiger partial charge on any atom is 0.243 e. The van der Waals surface area contributed by atoms with Gasteiger partial charge < -0.3 is 9.52 Å². The lowest BCUT2D eigenvalue weighted by molar-refractivity contribution is 0.277. The van der Waals surface area contributed by atoms with Gasteiger partial charge in [-0.25, -0.2) is 13.1 Å². The Balaban J connectivity index is 1.98. The van der Waals surface area contributed by atoms with E-state index in [0.717, 1.165) is 5.76 Å². The highest BCUT2D eigenvalue weighted by Crippen LogP contribution is 2.10. The highest BCUT2D eigenvalue weighted by molar-refractivity contribution is 7.89. The molecule has 2 heterocycles. The van der Waals surface area contributed by atoms with Crippen LogP contribution in [-0.4, -0.2) is 36.0 Å². The van der Waals surface area contributed by atoms with Crippen LogP contribution in [0.3, 0.4) is 0 Å². The maximum atomic E-state index is 12.2. The zero-order valence-electron chi connectivity index (χ0n) is 11.8. The number of sulfonamides is 1. The molecule has 0 amide bonds. The fourth-order valence-electron chi connectivity index (χ4n) is 1.94. The van der Waals surface area contributed by atoms with Crippen molar-refractivity contribution in [1.82, 2.24) is 14.5 Å². The molecule has 2 aromatic heterocycles. The third-order valence-corrected chi connectivity index (χ3v) is 4.45. The van der Waals surface area contributed by atoms with Crippen LogP contribution in [0.2, 0.25) is 0 Å². The van der Waals surface area contributed by atoms with Gasteiger partial charge in [-0.15, -0.1) is 0 Å². The molecule has 0 saturated carbocycles. The molecule has 8 heteroatoms. The lowest BCUT2D eigenvalue weighted by Gasteiger charge is -2.11. The van der Waals surface area contributed by atoms with E-state index in [1.807, 2.05) is 0 Å². The smallest absolute Gasteiger partial charge is 0.243 e. The van der Waals surface area contributed by atoms with E-state index in [0.29, 0.717) is 19.4 Å². The van der Waals surface area contributed by atoms with Crippen LogP contribution < -0.4 is 4.72 Å². The predicted molar refractivity (Wildman–Crippen MR) is 76.1 cm³/mol. The van der Waals surface area contributed by atoms with Crippen molar-refractivity contribution < 1.29 is 17.9 Å². The summed E-state index contributed by atoms with van der Waals surface area (Å²) < 4.78 is 33.7. The fraction of sp³-hybridized carbons (Fsp3) is 0.462. The van der Waals surface area contributed by atoms with Crippen molar-refractivity contribution in [3.05, 3.63) is 36.5 Å². The number of aliphatic hydroxyl groups is 1. The van der Waals surface area contributed by atoms with Gasteiger partial charge in [0.05, 0.1) is 12.5 Å². The molecular weight excluding hydrogens is 294 g/mol. The van der Waals surface area contributed by atoms with Crippen LogP contribution >= 0.6 is 0 Å². The molecule has 1 atom stereocenters. The summed E-state index contributed by atoms with van der Waals surface area (Å²) in [5, 5.41) is 12.7. The summed E-state index contributed by atoms with van der Waals surface area (Å²) >= 11 is 0. The van der Waals surface area contributed by atoms with Gasteiger partial charge in [0, 0.05) is 31.8 Å². The minimum absolute atomic E-state index is 0.0420. The van der Waals surface area contributed by atoms with Gasteiger partial charge in [-0.05, 0) is 25.5 Å². The minimum Gasteiger partial charge on any atom is -0.469 e. The van der Waals surface area contributed by atoms with Crippen LogP contribution in [-0.2, 0) is 23.0 Å². The summed E-state index contributed by atoms with van der Waals surface area (Å²) in [4.78, 5) is 0.117. The van der Waals surface area contributed by atoms with Crippen LogP contribution in [0.4, 0.5) is 0 Å². The molecule has 0 spiro atoms. The van der Waals surface area contributed by atoms with Gasteiger partial charge in [-0.3, -0.25) is 4.68 Å². The molecule has 0 bridgehead atoms. The molecule has 1 unspecified atom stereocenters. The number of aryl methyl sites for hydroxylation is 1. The molecule has 0 saturated heterocycles. The number of hydrogen-bond acceptors (Lipinski definition) is 5. The number of nitrogens with one attached hydrogen (secondary N) is 1. The number of aliphatic hydroxyl groups excluding tert-OH is 1. The lowest BCUT2D eigenvalue weighted by atomic mass is 10.2. The SMILES string of the molecule is CC(Cc1ccco1)NS(=O)(=O)c1cnn(CCCO)c1. The molecule has 21 heavy (non-hydrogen) atoms. The maximum absolute atomic E-state index is 12.2. The molecule has 2 rings (SSSR count). The average molecular weight is 313 g/mol. The molecule has 0 aliphatic rings. The summed E-state index contributed by atoms with van der Waals surface area (Å²) in [7, 11) is -3.60. The molecule has 0 aliphatic carbocycles. The number of rotatable bonds is 8. The minimum atomic E-state index is -3.60. The molecule has 7 nitrogen and oxygen atoms in total. The van der Waals surface area contributed by atoms with Gasteiger partial charge in [0.2, 0.25) is 10.0 Å². The van der Waals surface area contributed by atoms with Crippen molar-refractivity contribution in [2.45, 2.75) is 37.2 Å². The molecular formula is C13H19N3O4S. The Hall–Kier alpha value is -1.64. The van der Waals surface area contributed by atoms with E-state index < -0.39 is 10.0 Å². The monoisotopic (exact) mass is 313 g/mol. The number of aromatic nitrogens is 2. The first-order chi connectivity index (χ1) is 10.0. The Morgan fingerprint density at radius 2 is 2.33 bits per heavy atom. The first-order valence-electron chi connectivity index (χ1n) is 6.69. The third-order valence-electron chi connectivity index (χ3n) is 2.91. The molecule has 0 aliphatic heterocycles. The van der Waals surface area contributed by atoms with Gasteiger partial charge in [0.15, 0.2) is 0 Å². The molecule has 0 radical (unpaired) electrons. The molecule has 2 N–H and O–H groups in total. The molecule has 116 valence electrons. The Kier molecular flexibility index (Phi) is 5.16. The predicted octanol–water partition coefficient (Wildman–Crippen LogP) is 0.768. The fourth-order valence-corrected chi connectivity index (χ4v) is 3.14. The molecule has 0 fully saturated rings. The second-order valence-corrected chi connectivity index (χ2v) is 6.54. The van der Waals surface area contributed by atoms with Gasteiger partial charge in [0.1, 0.15) is 10.7 Å². The van der Waals surface area contributed by atoms with Crippen LogP contribution in [0.25, 0.3) is 0 Å². The number of nitrogens with zero attached hydrogens (tertiary/aromatic N) is 2. The highest BCUT2D eigenvalue weighted by atomic mass is 32.2. The largest absolute Gasteiger partial charge is 0.469 e. The average Bonchev–Trinajstić information content (AvgIpc) is 3.06. The Morgan fingerprint density at radius 1 is 1.52 bits per heavy atom. The Labute approximate surface area is 123 Å². The zero-order valence-corrected chi connectivity index (χ0v) is 12.6. The van der Waals surface area contributed by atoms with Crippen molar-refractivity contribution in [3.8, 4) is 0 Å². The Morgan fingerprint density at radius 3 is 3.00 bits per heavy atom. The number of furan rings is 1. The summed E-state index contributed by atoms with van der Waals surface area (Å²) in [5.41, 5.74) is 0. The standard InChI is InChI=1S/C13H19N3O4S/c1-11(8-12-4-2-7-20-12)15-21(18,19)13-9-14-16(10-13)5-3-6-17/h2,4,7,9-11,15,17H,3,5-6,8H2,1H3. The first kappa shape index (κ1) is 15.7. The molecule has 0 aromatic carbocycles. The van der Waals surface area contributed by atoms with E-state index in [9.17, 15) is 8.42 Å². The van der Waals surface area contributed by atoms with Crippen LogP contribution in [0.5, 0.6) is 0 Å². The normalized spacial score (nSPS) is 13.4. The van der Waals surface area contributed by atoms with Crippen LogP contribution in [0.1, 0.15) is 19.1 Å². The second kappa shape index (κ2) is 6.88. The van der Waals surface area contributed by atoms with E-state index in [-0.39, 0.29) is 17.5 Å². The van der Waals surface area contributed by atoms with Gasteiger partial charge in [-0.2, -0.15) is 5.10 Å². The van der Waals surface area contributed by atoms with E-state index in [4.69, 9.17) is 9.52 Å². The summed E-state index contributed by atoms with van der Waals surface area (Å²) in [5.74, 6) is 0.726. The molecule has 2 aromatic rings. The van der Waals surface area contributed by atoms with E-state index >= 15 is 0 Å². The second-order valence-electron chi connectivity index (χ2n) is 4.82. The van der Waals surface area contributed by atoms with E-state index in [1.54, 1.807) is 25.3 Å². The quantitative estimate of drug-likeness (QED) is 0.750. The zero-order chi connectivity index (χ0) is 15.3. The van der Waals surface area contributed by atoms with E-state index in [1.165, 1.54) is 17.1 Å². The topological polar surface area (TPSA) is 97.4 Å². The van der Waals surface area contributed by atoms with Crippen molar-refractivity contribution >= 4 is 10.0 Å². The summed E-state index contributed by atoms with van der Waals surface area (Å²) in [6.45, 7) is 2.30. The van der Waals surface area contributed by atoms with Crippen molar-refractivity contribution in [2.75, 3.05) is 6.61 Å². The summed E-state index contributed by atoms with van der Waals surface area (Å²) in [6, 6.07) is 3.28. The van der Waals surface area contributed by atoms with Crippen molar-refractivity contribution in [3.63, 3.8) is 0 Å². The Bertz CT molecular complexity index is 649. The highest BCUT2D eigenvalue weighted by Gasteiger charge is 2.20. The van der Waals surface area contributed by atoms with Crippen LogP contribution in [0.15, 0.2) is 40.1 Å².